The highest BCUT2D eigenvalue weighted by molar-refractivity contribution is 7.99. The lowest BCUT2D eigenvalue weighted by Gasteiger charge is -2.42. The highest BCUT2D eigenvalue weighted by Crippen LogP contribution is 2.55. The van der Waals surface area contributed by atoms with Gasteiger partial charge in [0.2, 0.25) is 0 Å². The molecule has 0 saturated carbocycles. The third-order valence-corrected chi connectivity index (χ3v) is 6.24. The van der Waals surface area contributed by atoms with Crippen LogP contribution in [0.5, 0.6) is 0 Å². The molecule has 2 atom stereocenters. The molecule has 1 aromatic heterocycles. The fourth-order valence-corrected chi connectivity index (χ4v) is 5.28. The van der Waals surface area contributed by atoms with Gasteiger partial charge in [0.1, 0.15) is 6.07 Å². The predicted molar refractivity (Wildman–Crippen MR) is 86.4 cm³/mol. The van der Waals surface area contributed by atoms with Crippen LogP contribution in [-0.2, 0) is 0 Å². The highest BCUT2D eigenvalue weighted by atomic mass is 32.2. The Labute approximate surface area is 137 Å². The summed E-state index contributed by atoms with van der Waals surface area (Å²) in [5, 5.41) is 31.0. The first-order valence-corrected chi connectivity index (χ1v) is 8.77. The molecular formula is C16H12N4S2. The zero-order valence-electron chi connectivity index (χ0n) is 11.6. The first kappa shape index (κ1) is 14.7. The Morgan fingerprint density at radius 1 is 1.27 bits per heavy atom. The molecule has 0 fully saturated rings. The van der Waals surface area contributed by atoms with Crippen LogP contribution in [0.1, 0.15) is 10.8 Å². The van der Waals surface area contributed by atoms with Gasteiger partial charge in [0, 0.05) is 28.2 Å². The second-order valence-corrected chi connectivity index (χ2v) is 7.28. The Morgan fingerprint density at radius 3 is 2.64 bits per heavy atom. The Kier molecular flexibility index (Phi) is 3.71. The number of nitrogens with two attached hydrogens (primary N) is 1. The normalized spacial score (nSPS) is 26.1. The Hall–Kier alpha value is -2.20. The lowest BCUT2D eigenvalue weighted by atomic mass is 9.60. The number of nitriles is 3. The zero-order chi connectivity index (χ0) is 15.7. The number of rotatable bonds is 1. The topological polar surface area (TPSA) is 97.4 Å². The van der Waals surface area contributed by atoms with Crippen molar-refractivity contribution in [3.05, 3.63) is 45.3 Å². The van der Waals surface area contributed by atoms with Gasteiger partial charge in [0.05, 0.1) is 23.4 Å². The van der Waals surface area contributed by atoms with Crippen LogP contribution < -0.4 is 5.73 Å². The molecule has 1 aromatic rings. The van der Waals surface area contributed by atoms with Crippen molar-refractivity contribution in [2.45, 2.75) is 5.92 Å². The molecule has 0 unspecified atom stereocenters. The molecule has 2 heterocycles. The van der Waals surface area contributed by atoms with E-state index in [4.69, 9.17) is 5.73 Å². The molecule has 0 amide bonds. The van der Waals surface area contributed by atoms with Crippen LogP contribution in [0.15, 0.2) is 40.4 Å². The molecule has 0 saturated heterocycles. The number of hydrogen-bond donors (Lipinski definition) is 1. The minimum absolute atomic E-state index is 0.0290. The molecule has 2 aliphatic rings. The molecule has 3 rings (SSSR count). The van der Waals surface area contributed by atoms with Crippen molar-refractivity contribution >= 4 is 23.1 Å². The highest BCUT2D eigenvalue weighted by Gasteiger charge is 2.54. The maximum atomic E-state index is 9.77. The van der Waals surface area contributed by atoms with E-state index in [0.29, 0.717) is 5.57 Å². The van der Waals surface area contributed by atoms with Crippen molar-refractivity contribution in [2.75, 3.05) is 11.5 Å². The summed E-state index contributed by atoms with van der Waals surface area (Å²) in [7, 11) is 0. The standard InChI is InChI=1S/C16H12N4S2/c17-6-11-10-3-5-21-7-12(10)14(13-2-1-4-22-13)16(8-18,9-19)15(11)20/h1-4,12,14H,5,7,20H2/t12-,14-/m1/s1. The summed E-state index contributed by atoms with van der Waals surface area (Å²) in [4.78, 5) is 0.974. The van der Waals surface area contributed by atoms with Gasteiger partial charge in [-0.1, -0.05) is 12.1 Å². The van der Waals surface area contributed by atoms with Gasteiger partial charge in [0.15, 0.2) is 5.41 Å². The summed E-state index contributed by atoms with van der Waals surface area (Å²) in [5.74, 6) is 1.27. The molecule has 1 aliphatic carbocycles. The van der Waals surface area contributed by atoms with Gasteiger partial charge in [-0.2, -0.15) is 27.5 Å². The van der Waals surface area contributed by atoms with E-state index >= 15 is 0 Å². The maximum absolute atomic E-state index is 9.77. The van der Waals surface area contributed by atoms with E-state index in [2.05, 4.69) is 18.2 Å². The van der Waals surface area contributed by atoms with E-state index in [0.717, 1.165) is 22.0 Å². The maximum Gasteiger partial charge on any atom is 0.192 e. The number of allylic oxidation sites excluding steroid dienone is 3. The Bertz CT molecular complexity index is 770. The second-order valence-electron chi connectivity index (χ2n) is 5.23. The lowest BCUT2D eigenvalue weighted by Crippen LogP contribution is -2.43. The summed E-state index contributed by atoms with van der Waals surface area (Å²) in [6.07, 6.45) is 2.02. The van der Waals surface area contributed by atoms with Crippen molar-refractivity contribution in [3.8, 4) is 18.2 Å². The minimum atomic E-state index is -1.48. The van der Waals surface area contributed by atoms with Gasteiger partial charge in [-0.25, -0.2) is 0 Å². The molecule has 4 nitrogen and oxygen atoms in total. The van der Waals surface area contributed by atoms with Crippen LogP contribution in [0.4, 0.5) is 0 Å². The molecule has 6 heteroatoms. The quantitative estimate of drug-likeness (QED) is 0.856. The van der Waals surface area contributed by atoms with E-state index < -0.39 is 5.41 Å². The largest absolute Gasteiger partial charge is 0.399 e. The van der Waals surface area contributed by atoms with Crippen molar-refractivity contribution in [3.63, 3.8) is 0 Å². The summed E-state index contributed by atoms with van der Waals surface area (Å²) in [6.45, 7) is 0. The average molecular weight is 324 g/mol. The van der Waals surface area contributed by atoms with Gasteiger partial charge in [-0.3, -0.25) is 0 Å². The fraction of sp³-hybridized carbons (Fsp3) is 0.312. The van der Waals surface area contributed by atoms with Crippen molar-refractivity contribution in [1.82, 2.24) is 0 Å². The van der Waals surface area contributed by atoms with E-state index in [1.54, 1.807) is 11.8 Å². The first-order chi connectivity index (χ1) is 10.7. The van der Waals surface area contributed by atoms with Gasteiger partial charge in [-0.15, -0.1) is 11.3 Å². The lowest BCUT2D eigenvalue weighted by molar-refractivity contribution is 0.373. The Balaban J connectivity index is 2.33. The SMILES string of the molecule is N#CC1=C(N)C(C#N)(C#N)[C@@H](c2cccs2)[C@@H]2CSCC=C12. The molecule has 2 N–H and O–H groups in total. The molecule has 1 aliphatic heterocycles. The molecule has 0 aromatic carbocycles. The van der Waals surface area contributed by atoms with E-state index in [-0.39, 0.29) is 17.5 Å². The first-order valence-electron chi connectivity index (χ1n) is 6.74. The van der Waals surface area contributed by atoms with Gasteiger partial charge < -0.3 is 5.73 Å². The monoisotopic (exact) mass is 324 g/mol. The number of thioether (sulfide) groups is 1. The molecule has 108 valence electrons. The molecule has 0 spiro atoms. The number of hydrogen-bond acceptors (Lipinski definition) is 6. The van der Waals surface area contributed by atoms with E-state index in [1.807, 2.05) is 23.6 Å². The van der Waals surface area contributed by atoms with Crippen LogP contribution in [0.2, 0.25) is 0 Å². The smallest absolute Gasteiger partial charge is 0.192 e. The minimum Gasteiger partial charge on any atom is -0.399 e. The number of thiophene rings is 1. The summed E-state index contributed by atoms with van der Waals surface area (Å²) >= 11 is 3.28. The van der Waals surface area contributed by atoms with Crippen molar-refractivity contribution in [2.24, 2.45) is 17.1 Å². The second kappa shape index (κ2) is 5.54. The predicted octanol–water partition coefficient (Wildman–Crippen LogP) is 2.90. The van der Waals surface area contributed by atoms with E-state index in [9.17, 15) is 15.8 Å². The molecule has 0 radical (unpaired) electrons. The van der Waals surface area contributed by atoms with Crippen LogP contribution in [0, 0.1) is 45.3 Å². The van der Waals surface area contributed by atoms with Gasteiger partial charge >= 0.3 is 0 Å². The van der Waals surface area contributed by atoms with Crippen LogP contribution >= 0.6 is 23.1 Å². The van der Waals surface area contributed by atoms with Gasteiger partial charge in [-0.05, 0) is 17.0 Å². The van der Waals surface area contributed by atoms with Crippen LogP contribution in [0.3, 0.4) is 0 Å². The molecule has 0 bridgehead atoms. The summed E-state index contributed by atoms with van der Waals surface area (Å²) < 4.78 is 0. The Morgan fingerprint density at radius 2 is 2.05 bits per heavy atom. The summed E-state index contributed by atoms with van der Waals surface area (Å²) in [5.41, 5.74) is 6.01. The van der Waals surface area contributed by atoms with Gasteiger partial charge in [0.25, 0.3) is 0 Å². The third kappa shape index (κ3) is 1.87. The van der Waals surface area contributed by atoms with Crippen LogP contribution in [-0.4, -0.2) is 11.5 Å². The number of fused-ring (bicyclic) bond motifs is 1. The van der Waals surface area contributed by atoms with E-state index in [1.165, 1.54) is 11.3 Å². The van der Waals surface area contributed by atoms with Crippen molar-refractivity contribution < 1.29 is 0 Å². The molecule has 22 heavy (non-hydrogen) atoms. The average Bonchev–Trinajstić information content (AvgIpc) is 3.08. The zero-order valence-corrected chi connectivity index (χ0v) is 13.2. The fourth-order valence-electron chi connectivity index (χ4n) is 3.26. The summed E-state index contributed by atoms with van der Waals surface area (Å²) in [6, 6.07) is 10.2. The van der Waals surface area contributed by atoms with Crippen LogP contribution in [0.25, 0.3) is 0 Å². The molecular weight excluding hydrogens is 312 g/mol. The third-order valence-electron chi connectivity index (χ3n) is 4.28. The number of nitrogens with zero attached hydrogens (tertiary/aromatic N) is 3. The van der Waals surface area contributed by atoms with Crippen molar-refractivity contribution in [1.29, 1.82) is 15.8 Å².